The van der Waals surface area contributed by atoms with Gasteiger partial charge in [-0.3, -0.25) is 4.98 Å². The minimum absolute atomic E-state index is 0.261. The topological polar surface area (TPSA) is 62.2 Å². The number of anilines is 2. The third-order valence-corrected chi connectivity index (χ3v) is 4.02. The van der Waals surface area contributed by atoms with Crippen LogP contribution in [0.25, 0.3) is 10.9 Å². The first-order valence-corrected chi connectivity index (χ1v) is 7.43. The van der Waals surface area contributed by atoms with Crippen molar-refractivity contribution < 1.29 is 9.90 Å². The van der Waals surface area contributed by atoms with E-state index in [-0.39, 0.29) is 5.56 Å². The fourth-order valence-electron chi connectivity index (χ4n) is 2.65. The number of nitrogens with zero attached hydrogens (tertiary/aromatic N) is 1. The van der Waals surface area contributed by atoms with Crippen molar-refractivity contribution in [2.45, 2.75) is 20.8 Å². The number of aromatic nitrogens is 1. The standard InChI is InChI=1S/C19H18N2O2/c1-11-7-8-16-17(9-12(2)20-18(16)13(11)3)21-15-6-4-5-14(10-15)19(22)23/h4-10H,1-3H3,(H,20,21)(H,22,23). The molecule has 0 bridgehead atoms. The molecule has 4 nitrogen and oxygen atoms in total. The molecule has 0 aliphatic rings. The smallest absolute Gasteiger partial charge is 0.335 e. The molecule has 0 aliphatic carbocycles. The number of aromatic carboxylic acids is 1. The number of hydrogen-bond donors (Lipinski definition) is 2. The highest BCUT2D eigenvalue weighted by Gasteiger charge is 2.09. The highest BCUT2D eigenvalue weighted by molar-refractivity contribution is 5.96. The van der Waals surface area contributed by atoms with Gasteiger partial charge in [-0.05, 0) is 56.2 Å². The molecule has 1 aromatic heterocycles. The zero-order chi connectivity index (χ0) is 16.6. The highest BCUT2D eigenvalue weighted by atomic mass is 16.4. The van der Waals surface area contributed by atoms with Crippen LogP contribution in [0.15, 0.2) is 42.5 Å². The van der Waals surface area contributed by atoms with Gasteiger partial charge in [-0.25, -0.2) is 4.79 Å². The van der Waals surface area contributed by atoms with E-state index < -0.39 is 5.97 Å². The van der Waals surface area contributed by atoms with Crippen molar-refractivity contribution in [3.8, 4) is 0 Å². The second-order valence-electron chi connectivity index (χ2n) is 5.73. The Kier molecular flexibility index (Phi) is 3.74. The normalized spacial score (nSPS) is 10.7. The number of nitrogens with one attached hydrogen (secondary N) is 1. The van der Waals surface area contributed by atoms with Crippen molar-refractivity contribution in [2.24, 2.45) is 0 Å². The fraction of sp³-hybridized carbons (Fsp3) is 0.158. The molecule has 2 aromatic carbocycles. The van der Waals surface area contributed by atoms with Gasteiger partial charge in [0.05, 0.1) is 11.1 Å². The molecule has 2 N–H and O–H groups in total. The average molecular weight is 306 g/mol. The second-order valence-corrected chi connectivity index (χ2v) is 5.73. The first kappa shape index (κ1) is 15.0. The molecule has 0 spiro atoms. The van der Waals surface area contributed by atoms with Crippen molar-refractivity contribution in [3.63, 3.8) is 0 Å². The summed E-state index contributed by atoms with van der Waals surface area (Å²) in [6, 6.07) is 12.9. The monoisotopic (exact) mass is 306 g/mol. The molecule has 0 unspecified atom stereocenters. The fourth-order valence-corrected chi connectivity index (χ4v) is 2.65. The van der Waals surface area contributed by atoms with Crippen LogP contribution in [-0.4, -0.2) is 16.1 Å². The summed E-state index contributed by atoms with van der Waals surface area (Å²) in [7, 11) is 0. The van der Waals surface area contributed by atoms with E-state index in [0.717, 1.165) is 33.5 Å². The van der Waals surface area contributed by atoms with Gasteiger partial charge in [0.25, 0.3) is 0 Å². The van der Waals surface area contributed by atoms with E-state index in [0.29, 0.717) is 0 Å². The van der Waals surface area contributed by atoms with Crippen molar-refractivity contribution >= 4 is 28.2 Å². The van der Waals surface area contributed by atoms with Crippen LogP contribution in [0, 0.1) is 20.8 Å². The van der Waals surface area contributed by atoms with Gasteiger partial charge in [0.15, 0.2) is 0 Å². The largest absolute Gasteiger partial charge is 0.478 e. The summed E-state index contributed by atoms with van der Waals surface area (Å²) in [5, 5.41) is 13.5. The number of carbonyl (C=O) groups is 1. The maximum absolute atomic E-state index is 11.1. The number of fused-ring (bicyclic) bond motifs is 1. The first-order chi connectivity index (χ1) is 11.0. The molecule has 3 aromatic rings. The van der Waals surface area contributed by atoms with Crippen LogP contribution >= 0.6 is 0 Å². The molecule has 0 aliphatic heterocycles. The summed E-state index contributed by atoms with van der Waals surface area (Å²) in [6.45, 7) is 6.10. The van der Waals surface area contributed by atoms with Gasteiger partial charge in [0.1, 0.15) is 0 Å². The van der Waals surface area contributed by atoms with E-state index in [1.54, 1.807) is 18.2 Å². The van der Waals surface area contributed by atoms with Crippen LogP contribution in [0.3, 0.4) is 0 Å². The molecule has 0 amide bonds. The lowest BCUT2D eigenvalue weighted by atomic mass is 10.0. The van der Waals surface area contributed by atoms with Gasteiger partial charge in [0.2, 0.25) is 0 Å². The van der Waals surface area contributed by atoms with Gasteiger partial charge < -0.3 is 10.4 Å². The third kappa shape index (κ3) is 2.88. The molecular formula is C19H18N2O2. The van der Waals surface area contributed by atoms with E-state index in [4.69, 9.17) is 5.11 Å². The Morgan fingerprint density at radius 2 is 1.87 bits per heavy atom. The van der Waals surface area contributed by atoms with E-state index in [9.17, 15) is 4.79 Å². The van der Waals surface area contributed by atoms with Gasteiger partial charge in [0, 0.05) is 22.5 Å². The van der Waals surface area contributed by atoms with E-state index in [1.165, 1.54) is 5.56 Å². The number of carboxylic acids is 1. The number of benzene rings is 2. The SMILES string of the molecule is Cc1cc(Nc2cccc(C(=O)O)c2)c2ccc(C)c(C)c2n1. The van der Waals surface area contributed by atoms with Crippen LogP contribution in [0.5, 0.6) is 0 Å². The zero-order valence-corrected chi connectivity index (χ0v) is 13.3. The Morgan fingerprint density at radius 3 is 2.61 bits per heavy atom. The Labute approximate surface area is 134 Å². The quantitative estimate of drug-likeness (QED) is 0.742. The minimum Gasteiger partial charge on any atom is -0.478 e. The molecule has 0 fully saturated rings. The van der Waals surface area contributed by atoms with Gasteiger partial charge in [-0.1, -0.05) is 18.2 Å². The number of pyridine rings is 1. The van der Waals surface area contributed by atoms with E-state index in [2.05, 4.69) is 30.2 Å². The van der Waals surface area contributed by atoms with Crippen molar-refractivity contribution in [2.75, 3.05) is 5.32 Å². The summed E-state index contributed by atoms with van der Waals surface area (Å²) >= 11 is 0. The lowest BCUT2D eigenvalue weighted by molar-refractivity contribution is 0.0697. The van der Waals surface area contributed by atoms with Gasteiger partial charge >= 0.3 is 5.97 Å². The lowest BCUT2D eigenvalue weighted by Gasteiger charge is -2.13. The second kappa shape index (κ2) is 5.72. The number of carboxylic acid groups (broad SMARTS) is 1. The molecule has 0 atom stereocenters. The predicted molar refractivity (Wildman–Crippen MR) is 92.6 cm³/mol. The van der Waals surface area contributed by atoms with Crippen LogP contribution in [-0.2, 0) is 0 Å². The van der Waals surface area contributed by atoms with E-state index >= 15 is 0 Å². The van der Waals surface area contributed by atoms with Crippen LogP contribution in [0.2, 0.25) is 0 Å². The molecule has 0 radical (unpaired) electrons. The Morgan fingerprint density at radius 1 is 1.09 bits per heavy atom. The molecule has 0 saturated carbocycles. The maximum Gasteiger partial charge on any atom is 0.335 e. The molecule has 0 saturated heterocycles. The zero-order valence-electron chi connectivity index (χ0n) is 13.3. The third-order valence-electron chi connectivity index (χ3n) is 4.02. The molecule has 116 valence electrons. The van der Waals surface area contributed by atoms with E-state index in [1.807, 2.05) is 25.1 Å². The summed E-state index contributed by atoms with van der Waals surface area (Å²) in [6.07, 6.45) is 0. The molecule has 4 heteroatoms. The Bertz CT molecular complexity index is 917. The Hall–Kier alpha value is -2.88. The van der Waals surface area contributed by atoms with Gasteiger partial charge in [-0.2, -0.15) is 0 Å². The van der Waals surface area contributed by atoms with Crippen molar-refractivity contribution in [1.29, 1.82) is 0 Å². The Balaban J connectivity index is 2.12. The van der Waals surface area contributed by atoms with Crippen LogP contribution < -0.4 is 5.32 Å². The molecule has 3 rings (SSSR count). The van der Waals surface area contributed by atoms with Crippen LogP contribution in [0.1, 0.15) is 27.2 Å². The lowest BCUT2D eigenvalue weighted by Crippen LogP contribution is -1.99. The molecular weight excluding hydrogens is 288 g/mol. The molecule has 1 heterocycles. The summed E-state index contributed by atoms with van der Waals surface area (Å²) < 4.78 is 0. The summed E-state index contributed by atoms with van der Waals surface area (Å²) in [5.74, 6) is -0.934. The summed E-state index contributed by atoms with van der Waals surface area (Å²) in [5.41, 5.74) is 6.19. The predicted octanol–water partition coefficient (Wildman–Crippen LogP) is 4.60. The van der Waals surface area contributed by atoms with Crippen molar-refractivity contribution in [3.05, 3.63) is 64.8 Å². The first-order valence-electron chi connectivity index (χ1n) is 7.43. The minimum atomic E-state index is -0.934. The number of hydrogen-bond acceptors (Lipinski definition) is 3. The van der Waals surface area contributed by atoms with Gasteiger partial charge in [-0.15, -0.1) is 0 Å². The van der Waals surface area contributed by atoms with Crippen molar-refractivity contribution in [1.82, 2.24) is 4.98 Å². The number of aryl methyl sites for hydroxylation is 3. The number of rotatable bonds is 3. The average Bonchev–Trinajstić information content (AvgIpc) is 2.51. The summed E-state index contributed by atoms with van der Waals surface area (Å²) in [4.78, 5) is 15.8. The molecule has 23 heavy (non-hydrogen) atoms. The highest BCUT2D eigenvalue weighted by Crippen LogP contribution is 2.29. The maximum atomic E-state index is 11.1. The van der Waals surface area contributed by atoms with Crippen LogP contribution in [0.4, 0.5) is 11.4 Å².